The Morgan fingerprint density at radius 3 is 2.35 bits per heavy atom. The van der Waals surface area contributed by atoms with Crippen LogP contribution in [0.2, 0.25) is 0 Å². The standard InChI is InChI=1S/C20H25N3O3/c1-22(15-8-3-2-4-9-15)13-7-12-21-18(24)14-23-19(25)16-10-5-6-11-17(16)20(23)26/h2-6,8-9,16-17H,7,10-14H2,1H3,(H,21,24)/t16-,17+. The van der Waals surface area contributed by atoms with Crippen LogP contribution >= 0.6 is 0 Å². The summed E-state index contributed by atoms with van der Waals surface area (Å²) in [5, 5.41) is 2.81. The van der Waals surface area contributed by atoms with Crippen molar-refractivity contribution in [3.63, 3.8) is 0 Å². The molecule has 6 nitrogen and oxygen atoms in total. The fourth-order valence-electron chi connectivity index (χ4n) is 3.58. The highest BCUT2D eigenvalue weighted by molar-refractivity contribution is 6.07. The zero-order valence-corrected chi connectivity index (χ0v) is 15.1. The number of fused-ring (bicyclic) bond motifs is 1. The fourth-order valence-corrected chi connectivity index (χ4v) is 3.58. The first-order chi connectivity index (χ1) is 12.6. The number of carbonyl (C=O) groups is 3. The second-order valence-corrected chi connectivity index (χ2v) is 6.88. The summed E-state index contributed by atoms with van der Waals surface area (Å²) in [6.45, 7) is 1.15. The minimum absolute atomic E-state index is 0.167. The van der Waals surface area contributed by atoms with Gasteiger partial charge in [0, 0.05) is 25.8 Å². The molecule has 0 radical (unpaired) electrons. The Hall–Kier alpha value is -2.63. The van der Waals surface area contributed by atoms with Crippen LogP contribution in [-0.4, -0.2) is 49.3 Å². The molecule has 3 amide bonds. The monoisotopic (exact) mass is 355 g/mol. The molecule has 1 fully saturated rings. The molecule has 1 saturated heterocycles. The number of hydrogen-bond donors (Lipinski definition) is 1. The summed E-state index contributed by atoms with van der Waals surface area (Å²) in [6, 6.07) is 10.0. The summed E-state index contributed by atoms with van der Waals surface area (Å²) < 4.78 is 0. The molecule has 1 aromatic rings. The third-order valence-corrected chi connectivity index (χ3v) is 5.09. The lowest BCUT2D eigenvalue weighted by molar-refractivity contribution is -0.143. The number of benzene rings is 1. The Labute approximate surface area is 153 Å². The Morgan fingerprint density at radius 2 is 1.73 bits per heavy atom. The molecule has 1 aromatic carbocycles. The molecule has 0 aromatic heterocycles. The maximum Gasteiger partial charge on any atom is 0.240 e. The summed E-state index contributed by atoms with van der Waals surface area (Å²) >= 11 is 0. The van der Waals surface area contributed by atoms with Gasteiger partial charge in [-0.2, -0.15) is 0 Å². The van der Waals surface area contributed by atoms with Crippen molar-refractivity contribution >= 4 is 23.4 Å². The van der Waals surface area contributed by atoms with E-state index in [0.717, 1.165) is 23.6 Å². The van der Waals surface area contributed by atoms with Gasteiger partial charge in [-0.05, 0) is 31.4 Å². The van der Waals surface area contributed by atoms with Crippen LogP contribution in [0, 0.1) is 11.8 Å². The number of rotatable bonds is 7. The van der Waals surface area contributed by atoms with Gasteiger partial charge in [0.25, 0.3) is 0 Å². The van der Waals surface area contributed by atoms with Crippen LogP contribution in [0.1, 0.15) is 19.3 Å². The summed E-state index contributed by atoms with van der Waals surface area (Å²) in [6.07, 6.45) is 5.87. The second-order valence-electron chi connectivity index (χ2n) is 6.88. The number of imide groups is 1. The first kappa shape index (κ1) is 18.2. The van der Waals surface area contributed by atoms with Crippen molar-refractivity contribution in [2.75, 3.05) is 31.6 Å². The molecule has 138 valence electrons. The van der Waals surface area contributed by atoms with E-state index in [1.165, 1.54) is 0 Å². The Bertz CT molecular complexity index is 676. The van der Waals surface area contributed by atoms with Crippen LogP contribution in [0.4, 0.5) is 5.69 Å². The van der Waals surface area contributed by atoms with E-state index in [0.29, 0.717) is 19.4 Å². The molecule has 6 heteroatoms. The predicted octanol–water partition coefficient (Wildman–Crippen LogP) is 1.58. The number of likely N-dealkylation sites (tertiary alicyclic amines) is 1. The van der Waals surface area contributed by atoms with Crippen molar-refractivity contribution in [3.05, 3.63) is 42.5 Å². The predicted molar refractivity (Wildman–Crippen MR) is 99.4 cm³/mol. The molecule has 1 aliphatic carbocycles. The van der Waals surface area contributed by atoms with Crippen LogP contribution in [0.3, 0.4) is 0 Å². The van der Waals surface area contributed by atoms with Crippen molar-refractivity contribution in [1.29, 1.82) is 0 Å². The molecule has 2 aliphatic rings. The minimum atomic E-state index is -0.278. The molecule has 0 spiro atoms. The van der Waals surface area contributed by atoms with Gasteiger partial charge in [0.15, 0.2) is 0 Å². The van der Waals surface area contributed by atoms with Crippen molar-refractivity contribution in [2.45, 2.75) is 19.3 Å². The lowest BCUT2D eigenvalue weighted by Crippen LogP contribution is -2.41. The van der Waals surface area contributed by atoms with Gasteiger partial charge in [-0.1, -0.05) is 30.4 Å². The average Bonchev–Trinajstić information content (AvgIpc) is 2.91. The Kier molecular flexibility index (Phi) is 5.71. The smallest absolute Gasteiger partial charge is 0.240 e. The number of nitrogens with zero attached hydrogens (tertiary/aromatic N) is 2. The first-order valence-electron chi connectivity index (χ1n) is 9.11. The summed E-state index contributed by atoms with van der Waals surface area (Å²) in [4.78, 5) is 40.1. The Balaban J connectivity index is 1.41. The normalized spacial score (nSPS) is 21.7. The quantitative estimate of drug-likeness (QED) is 0.458. The van der Waals surface area contributed by atoms with Gasteiger partial charge in [-0.25, -0.2) is 0 Å². The van der Waals surface area contributed by atoms with Crippen LogP contribution in [0.15, 0.2) is 42.5 Å². The molecule has 0 unspecified atom stereocenters. The lowest BCUT2D eigenvalue weighted by atomic mass is 9.85. The Morgan fingerprint density at radius 1 is 1.12 bits per heavy atom. The van der Waals surface area contributed by atoms with Gasteiger partial charge in [-0.3, -0.25) is 19.3 Å². The van der Waals surface area contributed by atoms with E-state index in [2.05, 4.69) is 10.2 Å². The van der Waals surface area contributed by atoms with E-state index in [1.807, 2.05) is 49.5 Å². The zero-order valence-electron chi connectivity index (χ0n) is 15.1. The molecule has 0 saturated carbocycles. The third-order valence-electron chi connectivity index (χ3n) is 5.09. The summed E-state index contributed by atoms with van der Waals surface area (Å²) in [5.74, 6) is -1.24. The van der Waals surface area contributed by atoms with E-state index in [4.69, 9.17) is 0 Å². The number of amides is 3. The first-order valence-corrected chi connectivity index (χ1v) is 9.11. The largest absolute Gasteiger partial charge is 0.375 e. The van der Waals surface area contributed by atoms with Gasteiger partial charge in [0.1, 0.15) is 6.54 Å². The lowest BCUT2D eigenvalue weighted by Gasteiger charge is -2.19. The molecular weight excluding hydrogens is 330 g/mol. The van der Waals surface area contributed by atoms with Gasteiger partial charge >= 0.3 is 0 Å². The molecule has 1 heterocycles. The highest BCUT2D eigenvalue weighted by atomic mass is 16.2. The van der Waals surface area contributed by atoms with Crippen LogP contribution in [0.25, 0.3) is 0 Å². The van der Waals surface area contributed by atoms with Gasteiger partial charge in [-0.15, -0.1) is 0 Å². The van der Waals surface area contributed by atoms with Crippen molar-refractivity contribution in [3.8, 4) is 0 Å². The number of para-hydroxylation sites is 1. The van der Waals surface area contributed by atoms with E-state index < -0.39 is 0 Å². The van der Waals surface area contributed by atoms with Crippen molar-refractivity contribution < 1.29 is 14.4 Å². The highest BCUT2D eigenvalue weighted by Crippen LogP contribution is 2.34. The van der Waals surface area contributed by atoms with Gasteiger partial charge < -0.3 is 10.2 Å². The van der Waals surface area contributed by atoms with Crippen LogP contribution < -0.4 is 10.2 Å². The summed E-state index contributed by atoms with van der Waals surface area (Å²) in [5.41, 5.74) is 1.13. The number of allylic oxidation sites excluding steroid dienone is 2. The van der Waals surface area contributed by atoms with Crippen LogP contribution in [0.5, 0.6) is 0 Å². The number of anilines is 1. The molecule has 3 rings (SSSR count). The van der Waals surface area contributed by atoms with E-state index in [1.54, 1.807) is 0 Å². The summed E-state index contributed by atoms with van der Waals surface area (Å²) in [7, 11) is 2.01. The number of carbonyl (C=O) groups excluding carboxylic acids is 3. The molecule has 1 aliphatic heterocycles. The molecule has 2 atom stereocenters. The highest BCUT2D eigenvalue weighted by Gasteiger charge is 2.47. The fraction of sp³-hybridized carbons (Fsp3) is 0.450. The van der Waals surface area contributed by atoms with Crippen molar-refractivity contribution in [2.24, 2.45) is 11.8 Å². The minimum Gasteiger partial charge on any atom is -0.375 e. The maximum atomic E-state index is 12.3. The van der Waals surface area contributed by atoms with E-state index in [9.17, 15) is 14.4 Å². The average molecular weight is 355 g/mol. The van der Waals surface area contributed by atoms with Crippen molar-refractivity contribution in [1.82, 2.24) is 10.2 Å². The van der Waals surface area contributed by atoms with E-state index >= 15 is 0 Å². The second kappa shape index (κ2) is 8.17. The SMILES string of the molecule is CN(CCCNC(=O)CN1C(=O)[C@H]2CC=CC[C@H]2C1=O)c1ccccc1. The van der Waals surface area contributed by atoms with Gasteiger partial charge in [0.05, 0.1) is 11.8 Å². The zero-order chi connectivity index (χ0) is 18.5. The topological polar surface area (TPSA) is 69.7 Å². The molecule has 1 N–H and O–H groups in total. The number of hydrogen-bond acceptors (Lipinski definition) is 4. The third kappa shape index (κ3) is 3.95. The van der Waals surface area contributed by atoms with Gasteiger partial charge in [0.2, 0.25) is 17.7 Å². The van der Waals surface area contributed by atoms with Crippen LogP contribution in [-0.2, 0) is 14.4 Å². The van der Waals surface area contributed by atoms with E-state index in [-0.39, 0.29) is 36.1 Å². The number of nitrogens with one attached hydrogen (secondary N) is 1. The maximum absolute atomic E-state index is 12.3. The molecule has 26 heavy (non-hydrogen) atoms. The molecular formula is C20H25N3O3. The molecule has 0 bridgehead atoms.